The summed E-state index contributed by atoms with van der Waals surface area (Å²) >= 11 is 0. The lowest BCUT2D eigenvalue weighted by Crippen LogP contribution is -2.49. The Morgan fingerprint density at radius 3 is 2.67 bits per heavy atom. The third-order valence-corrected chi connectivity index (χ3v) is 4.96. The van der Waals surface area contributed by atoms with Gasteiger partial charge in [-0.05, 0) is 18.2 Å². The van der Waals surface area contributed by atoms with Gasteiger partial charge in [0.1, 0.15) is 5.75 Å². The number of rotatable bonds is 3. The number of hydrogen-bond acceptors (Lipinski definition) is 6. The van der Waals surface area contributed by atoms with E-state index in [0.717, 1.165) is 18.7 Å². The van der Waals surface area contributed by atoms with Crippen molar-refractivity contribution in [3.8, 4) is 11.6 Å². The number of aliphatic hydroxyl groups excluding tert-OH is 1. The van der Waals surface area contributed by atoms with Crippen LogP contribution in [0.2, 0.25) is 0 Å². The van der Waals surface area contributed by atoms with Crippen LogP contribution in [-0.2, 0) is 6.42 Å². The molecule has 9 nitrogen and oxygen atoms in total. The minimum Gasteiger partial charge on any atom is -0.440 e. The third-order valence-electron chi connectivity index (χ3n) is 4.96. The Labute approximate surface area is 154 Å². The Kier molecular flexibility index (Phi) is 4.54. The number of aliphatic hydroxyl groups is 1. The number of fused-ring (bicyclic) bond motifs is 2. The number of aromatic nitrogens is 2. The SMILES string of the molecule is O=C(c1ccc2c(c1)Cc1c([nH]c(=O)[nH]c1=O)O2)N1CCN(CCO)CC1. The second-order valence-electron chi connectivity index (χ2n) is 6.67. The predicted molar refractivity (Wildman–Crippen MR) is 96.4 cm³/mol. The summed E-state index contributed by atoms with van der Waals surface area (Å²) in [5.74, 6) is 0.603. The fourth-order valence-electron chi connectivity index (χ4n) is 3.49. The van der Waals surface area contributed by atoms with Gasteiger partial charge in [-0.15, -0.1) is 0 Å². The molecule has 27 heavy (non-hydrogen) atoms. The standard InChI is InChI=1S/C18H20N4O5/c23-8-7-21-3-5-22(6-4-21)17(25)11-1-2-14-12(9-11)10-13-15(24)19-18(26)20-16(13)27-14/h1-2,9,23H,3-8,10H2,(H2,19,20,24,26). The summed E-state index contributed by atoms with van der Waals surface area (Å²) in [6.45, 7) is 3.41. The van der Waals surface area contributed by atoms with Crippen molar-refractivity contribution < 1.29 is 14.6 Å². The first-order chi connectivity index (χ1) is 13.0. The Morgan fingerprint density at radius 2 is 1.93 bits per heavy atom. The number of piperazine rings is 1. The largest absolute Gasteiger partial charge is 0.440 e. The molecule has 0 saturated carbocycles. The molecule has 1 fully saturated rings. The lowest BCUT2D eigenvalue weighted by atomic mass is 10.0. The summed E-state index contributed by atoms with van der Waals surface area (Å²) in [5, 5.41) is 9.01. The highest BCUT2D eigenvalue weighted by Crippen LogP contribution is 2.33. The van der Waals surface area contributed by atoms with Crippen molar-refractivity contribution in [1.82, 2.24) is 19.8 Å². The van der Waals surface area contributed by atoms with Crippen LogP contribution in [0.15, 0.2) is 27.8 Å². The molecular formula is C18H20N4O5. The molecule has 0 unspecified atom stereocenters. The normalized spacial score (nSPS) is 16.4. The zero-order chi connectivity index (χ0) is 19.0. The molecular weight excluding hydrogens is 352 g/mol. The summed E-state index contributed by atoms with van der Waals surface area (Å²) in [4.78, 5) is 44.8. The van der Waals surface area contributed by atoms with E-state index < -0.39 is 11.2 Å². The highest BCUT2D eigenvalue weighted by Gasteiger charge is 2.25. The van der Waals surface area contributed by atoms with Gasteiger partial charge in [0, 0.05) is 50.3 Å². The van der Waals surface area contributed by atoms with Gasteiger partial charge in [-0.2, -0.15) is 0 Å². The van der Waals surface area contributed by atoms with Gasteiger partial charge >= 0.3 is 5.69 Å². The van der Waals surface area contributed by atoms with E-state index in [1.54, 1.807) is 23.1 Å². The van der Waals surface area contributed by atoms with E-state index in [1.165, 1.54) is 0 Å². The van der Waals surface area contributed by atoms with Crippen molar-refractivity contribution in [2.24, 2.45) is 0 Å². The maximum absolute atomic E-state index is 12.8. The van der Waals surface area contributed by atoms with Crippen LogP contribution in [0.3, 0.4) is 0 Å². The van der Waals surface area contributed by atoms with Crippen LogP contribution < -0.4 is 16.0 Å². The number of carbonyl (C=O) groups is 1. The van der Waals surface area contributed by atoms with Gasteiger partial charge in [-0.3, -0.25) is 24.5 Å². The summed E-state index contributed by atoms with van der Waals surface area (Å²) in [6, 6.07) is 5.12. The van der Waals surface area contributed by atoms with Gasteiger partial charge in [-0.25, -0.2) is 4.79 Å². The second kappa shape index (κ2) is 7.01. The lowest BCUT2D eigenvalue weighted by Gasteiger charge is -2.34. The van der Waals surface area contributed by atoms with Crippen LogP contribution in [0.4, 0.5) is 0 Å². The monoisotopic (exact) mass is 372 g/mol. The van der Waals surface area contributed by atoms with Gasteiger partial charge in [0.05, 0.1) is 12.2 Å². The molecule has 2 aromatic rings. The summed E-state index contributed by atoms with van der Waals surface area (Å²) in [6.07, 6.45) is 0.280. The molecule has 9 heteroatoms. The second-order valence-corrected chi connectivity index (χ2v) is 6.67. The molecule has 0 bridgehead atoms. The molecule has 0 radical (unpaired) electrons. The number of carbonyl (C=O) groups excluding carboxylic acids is 1. The molecule has 3 heterocycles. The highest BCUT2D eigenvalue weighted by atomic mass is 16.5. The van der Waals surface area contributed by atoms with Gasteiger partial charge in [-0.1, -0.05) is 0 Å². The number of amides is 1. The van der Waals surface area contributed by atoms with Crippen LogP contribution in [0.1, 0.15) is 21.5 Å². The highest BCUT2D eigenvalue weighted by molar-refractivity contribution is 5.94. The summed E-state index contributed by atoms with van der Waals surface area (Å²) < 4.78 is 5.63. The zero-order valence-corrected chi connectivity index (χ0v) is 14.7. The van der Waals surface area contributed by atoms with Crippen LogP contribution in [-0.4, -0.2) is 70.1 Å². The zero-order valence-electron chi connectivity index (χ0n) is 14.7. The van der Waals surface area contributed by atoms with Gasteiger partial charge < -0.3 is 14.7 Å². The molecule has 142 valence electrons. The first-order valence-electron chi connectivity index (χ1n) is 8.84. The Balaban J connectivity index is 1.53. The fraction of sp³-hybridized carbons (Fsp3) is 0.389. The van der Waals surface area contributed by atoms with Crippen LogP contribution in [0.5, 0.6) is 11.6 Å². The molecule has 1 aromatic carbocycles. The van der Waals surface area contributed by atoms with E-state index in [-0.39, 0.29) is 24.8 Å². The molecule has 1 saturated heterocycles. The topological polar surface area (TPSA) is 119 Å². The van der Waals surface area contributed by atoms with E-state index in [2.05, 4.69) is 14.9 Å². The number of hydrogen-bond donors (Lipinski definition) is 3. The molecule has 2 aliphatic heterocycles. The van der Waals surface area contributed by atoms with E-state index in [4.69, 9.17) is 9.84 Å². The maximum atomic E-state index is 12.8. The minimum atomic E-state index is -0.616. The molecule has 0 spiro atoms. The average Bonchev–Trinajstić information content (AvgIpc) is 2.66. The molecule has 0 atom stereocenters. The summed E-state index contributed by atoms with van der Waals surface area (Å²) in [7, 11) is 0. The van der Waals surface area contributed by atoms with Gasteiger partial charge in [0.2, 0.25) is 5.88 Å². The molecule has 1 amide bonds. The smallest absolute Gasteiger partial charge is 0.328 e. The Morgan fingerprint density at radius 1 is 1.15 bits per heavy atom. The van der Waals surface area contributed by atoms with Crippen molar-refractivity contribution >= 4 is 5.91 Å². The molecule has 1 aromatic heterocycles. The van der Waals surface area contributed by atoms with E-state index in [9.17, 15) is 14.4 Å². The molecule has 4 rings (SSSR count). The molecule has 0 aliphatic carbocycles. The first-order valence-corrected chi connectivity index (χ1v) is 8.84. The Hall–Kier alpha value is -2.91. The lowest BCUT2D eigenvalue weighted by molar-refractivity contribution is 0.0615. The van der Waals surface area contributed by atoms with Crippen molar-refractivity contribution in [2.75, 3.05) is 39.3 Å². The van der Waals surface area contributed by atoms with Crippen molar-refractivity contribution in [3.63, 3.8) is 0 Å². The summed E-state index contributed by atoms with van der Waals surface area (Å²) in [5.41, 5.74) is 0.497. The van der Waals surface area contributed by atoms with Crippen molar-refractivity contribution in [2.45, 2.75) is 6.42 Å². The number of aromatic amines is 2. The van der Waals surface area contributed by atoms with Crippen LogP contribution in [0, 0.1) is 0 Å². The Bertz CT molecular complexity index is 988. The predicted octanol–water partition coefficient (Wildman–Crippen LogP) is -0.490. The number of nitrogens with zero attached hydrogens (tertiary/aromatic N) is 2. The maximum Gasteiger partial charge on any atom is 0.328 e. The number of β-amino-alcohol motifs (C(OH)–C–C–N with tert-alkyl or cyclic N) is 1. The number of ether oxygens (including phenoxy) is 1. The fourth-order valence-corrected chi connectivity index (χ4v) is 3.49. The van der Waals surface area contributed by atoms with Crippen LogP contribution in [0.25, 0.3) is 0 Å². The number of nitrogens with one attached hydrogen (secondary N) is 2. The van der Waals surface area contributed by atoms with Crippen molar-refractivity contribution in [3.05, 3.63) is 55.7 Å². The number of benzene rings is 1. The van der Waals surface area contributed by atoms with Crippen LogP contribution >= 0.6 is 0 Å². The first kappa shape index (κ1) is 17.5. The molecule has 2 aliphatic rings. The minimum absolute atomic E-state index is 0.0670. The van der Waals surface area contributed by atoms with E-state index >= 15 is 0 Å². The third kappa shape index (κ3) is 3.38. The van der Waals surface area contributed by atoms with E-state index in [1.807, 2.05) is 0 Å². The quantitative estimate of drug-likeness (QED) is 0.571. The van der Waals surface area contributed by atoms with Crippen molar-refractivity contribution in [1.29, 1.82) is 0 Å². The average molecular weight is 372 g/mol. The molecule has 3 N–H and O–H groups in total. The van der Waals surface area contributed by atoms with E-state index in [0.29, 0.717) is 36.5 Å². The number of H-pyrrole nitrogens is 2. The van der Waals surface area contributed by atoms with Gasteiger partial charge in [0.15, 0.2) is 0 Å². The van der Waals surface area contributed by atoms with Gasteiger partial charge in [0.25, 0.3) is 11.5 Å².